The van der Waals surface area contributed by atoms with E-state index in [1.807, 2.05) is 30.3 Å². The molecule has 0 radical (unpaired) electrons. The molecule has 5 nitrogen and oxygen atoms in total. The maximum atomic E-state index is 10.6. The third-order valence-corrected chi connectivity index (χ3v) is 2.98. The molecule has 2 aromatic rings. The van der Waals surface area contributed by atoms with Crippen molar-refractivity contribution in [1.29, 1.82) is 0 Å². The second kappa shape index (κ2) is 7.50. The van der Waals surface area contributed by atoms with Crippen LogP contribution in [0.4, 0.5) is 5.69 Å². The maximum absolute atomic E-state index is 10.6. The van der Waals surface area contributed by atoms with Gasteiger partial charge in [-0.2, -0.15) is 0 Å². The smallest absolute Gasteiger partial charge is 0.271 e. The average Bonchev–Trinajstić information content (AvgIpc) is 2.49. The molecule has 2 rings (SSSR count). The summed E-state index contributed by atoms with van der Waals surface area (Å²) >= 11 is 5.92. The number of non-ortho nitro benzene ring substituents is 1. The van der Waals surface area contributed by atoms with Crippen molar-refractivity contribution in [2.24, 2.45) is 0 Å². The predicted octanol–water partition coefficient (Wildman–Crippen LogP) is 4.10. The van der Waals surface area contributed by atoms with Crippen molar-refractivity contribution in [1.82, 2.24) is 0 Å². The van der Waals surface area contributed by atoms with Crippen molar-refractivity contribution in [3.63, 3.8) is 0 Å². The molecule has 0 fully saturated rings. The number of halogens is 1. The number of para-hydroxylation sites is 1. The molecule has 6 heteroatoms. The van der Waals surface area contributed by atoms with Gasteiger partial charge in [-0.05, 0) is 18.2 Å². The first-order chi connectivity index (χ1) is 10.2. The lowest BCUT2D eigenvalue weighted by molar-refractivity contribution is -0.384. The fourth-order valence-electron chi connectivity index (χ4n) is 1.67. The number of ether oxygens (including phenoxy) is 2. The highest BCUT2D eigenvalue weighted by Gasteiger charge is 2.09. The van der Waals surface area contributed by atoms with Gasteiger partial charge in [0.1, 0.15) is 11.5 Å². The van der Waals surface area contributed by atoms with E-state index in [1.54, 1.807) is 0 Å². The van der Waals surface area contributed by atoms with Crippen LogP contribution in [0.3, 0.4) is 0 Å². The zero-order valence-electron chi connectivity index (χ0n) is 11.2. The van der Waals surface area contributed by atoms with E-state index < -0.39 is 4.92 Å². The molecular formula is C15H14ClNO4. The summed E-state index contributed by atoms with van der Waals surface area (Å²) in [6.45, 7) is 0.943. The van der Waals surface area contributed by atoms with Crippen LogP contribution < -0.4 is 9.47 Å². The van der Waals surface area contributed by atoms with Crippen LogP contribution in [0.25, 0.3) is 0 Å². The van der Waals surface area contributed by atoms with Gasteiger partial charge in [0.15, 0.2) is 0 Å². The molecule has 0 saturated heterocycles. The van der Waals surface area contributed by atoms with E-state index in [2.05, 4.69) is 0 Å². The molecule has 0 N–H and O–H groups in total. The second-order valence-corrected chi connectivity index (χ2v) is 4.64. The van der Waals surface area contributed by atoms with Crippen molar-refractivity contribution in [2.75, 3.05) is 13.2 Å². The Morgan fingerprint density at radius 2 is 1.76 bits per heavy atom. The normalized spacial score (nSPS) is 10.1. The molecule has 0 aliphatic rings. The summed E-state index contributed by atoms with van der Waals surface area (Å²) in [4.78, 5) is 10.1. The largest absolute Gasteiger partial charge is 0.493 e. The lowest BCUT2D eigenvalue weighted by Gasteiger charge is -2.09. The number of nitrogens with zero attached hydrogens (tertiary/aromatic N) is 1. The first kappa shape index (κ1) is 15.1. The average molecular weight is 308 g/mol. The molecule has 0 heterocycles. The summed E-state index contributed by atoms with van der Waals surface area (Å²) in [6.07, 6.45) is 0.683. The molecule has 0 amide bonds. The van der Waals surface area contributed by atoms with Gasteiger partial charge in [0.05, 0.1) is 23.2 Å². The number of nitro groups is 1. The molecule has 0 unspecified atom stereocenters. The molecule has 0 aromatic heterocycles. The molecule has 2 aromatic carbocycles. The molecule has 21 heavy (non-hydrogen) atoms. The highest BCUT2D eigenvalue weighted by atomic mass is 35.5. The summed E-state index contributed by atoms with van der Waals surface area (Å²) < 4.78 is 11.0. The standard InChI is InChI=1S/C15H14ClNO4/c16-14-11-12(17(18)19)7-8-15(14)21-10-4-9-20-13-5-2-1-3-6-13/h1-3,5-8,11H,4,9-10H2. The third kappa shape index (κ3) is 4.65. The fourth-order valence-corrected chi connectivity index (χ4v) is 1.90. The van der Waals surface area contributed by atoms with E-state index in [9.17, 15) is 10.1 Å². The van der Waals surface area contributed by atoms with Gasteiger partial charge < -0.3 is 9.47 Å². The number of rotatable bonds is 7. The van der Waals surface area contributed by atoms with Crippen LogP contribution in [0, 0.1) is 10.1 Å². The van der Waals surface area contributed by atoms with Gasteiger partial charge >= 0.3 is 0 Å². The Bertz CT molecular complexity index is 604. The van der Waals surface area contributed by atoms with Crippen LogP contribution in [0.15, 0.2) is 48.5 Å². The third-order valence-electron chi connectivity index (χ3n) is 2.68. The Morgan fingerprint density at radius 3 is 2.43 bits per heavy atom. The zero-order valence-corrected chi connectivity index (χ0v) is 12.0. The van der Waals surface area contributed by atoms with Gasteiger partial charge in [-0.15, -0.1) is 0 Å². The summed E-state index contributed by atoms with van der Waals surface area (Å²) in [7, 11) is 0. The Hall–Kier alpha value is -2.27. The van der Waals surface area contributed by atoms with Gasteiger partial charge in [-0.1, -0.05) is 29.8 Å². The van der Waals surface area contributed by atoms with E-state index in [0.717, 1.165) is 5.75 Å². The lowest BCUT2D eigenvalue weighted by Crippen LogP contribution is -2.05. The Labute approximate surface area is 127 Å². The Kier molecular flexibility index (Phi) is 5.40. The topological polar surface area (TPSA) is 61.6 Å². The number of benzene rings is 2. The summed E-state index contributed by atoms with van der Waals surface area (Å²) in [5, 5.41) is 10.8. The van der Waals surface area contributed by atoms with Crippen LogP contribution in [-0.2, 0) is 0 Å². The van der Waals surface area contributed by atoms with E-state index >= 15 is 0 Å². The first-order valence-corrected chi connectivity index (χ1v) is 6.79. The molecule has 110 valence electrons. The van der Waals surface area contributed by atoms with Crippen LogP contribution in [-0.4, -0.2) is 18.1 Å². The van der Waals surface area contributed by atoms with Gasteiger partial charge in [0, 0.05) is 18.6 Å². The highest BCUT2D eigenvalue weighted by molar-refractivity contribution is 6.32. The Morgan fingerprint density at radius 1 is 1.05 bits per heavy atom. The minimum absolute atomic E-state index is 0.0558. The molecule has 0 spiro atoms. The SMILES string of the molecule is O=[N+]([O-])c1ccc(OCCCOc2ccccc2)c(Cl)c1. The van der Waals surface area contributed by atoms with Crippen molar-refractivity contribution in [2.45, 2.75) is 6.42 Å². The van der Waals surface area contributed by atoms with Crippen molar-refractivity contribution in [3.05, 3.63) is 63.7 Å². The number of hydrogen-bond acceptors (Lipinski definition) is 4. The van der Waals surface area contributed by atoms with Crippen molar-refractivity contribution < 1.29 is 14.4 Å². The summed E-state index contributed by atoms with van der Waals surface area (Å²) in [6, 6.07) is 13.6. The molecule has 0 aliphatic heterocycles. The van der Waals surface area contributed by atoms with E-state index in [-0.39, 0.29) is 10.7 Å². The quantitative estimate of drug-likeness (QED) is 0.439. The lowest BCUT2D eigenvalue weighted by atomic mass is 10.3. The van der Waals surface area contributed by atoms with Gasteiger partial charge in [-0.3, -0.25) is 10.1 Å². The Balaban J connectivity index is 1.75. The minimum atomic E-state index is -0.497. The van der Waals surface area contributed by atoms with Crippen molar-refractivity contribution in [3.8, 4) is 11.5 Å². The molecule has 0 bridgehead atoms. The first-order valence-electron chi connectivity index (χ1n) is 6.41. The molecule has 0 saturated carbocycles. The van der Waals surface area contributed by atoms with E-state index in [1.165, 1.54) is 18.2 Å². The minimum Gasteiger partial charge on any atom is -0.493 e. The van der Waals surface area contributed by atoms with Crippen molar-refractivity contribution >= 4 is 17.3 Å². The van der Waals surface area contributed by atoms with E-state index in [4.69, 9.17) is 21.1 Å². The fraction of sp³-hybridized carbons (Fsp3) is 0.200. The zero-order chi connectivity index (χ0) is 15.1. The van der Waals surface area contributed by atoms with Crippen LogP contribution >= 0.6 is 11.6 Å². The predicted molar refractivity (Wildman–Crippen MR) is 80.2 cm³/mol. The summed E-state index contributed by atoms with van der Waals surface area (Å²) in [5.74, 6) is 1.24. The highest BCUT2D eigenvalue weighted by Crippen LogP contribution is 2.28. The molecule has 0 atom stereocenters. The molecule has 0 aliphatic carbocycles. The van der Waals surface area contributed by atoms with Gasteiger partial charge in [0.25, 0.3) is 5.69 Å². The van der Waals surface area contributed by atoms with E-state index in [0.29, 0.717) is 25.4 Å². The van der Waals surface area contributed by atoms with Crippen LogP contribution in [0.1, 0.15) is 6.42 Å². The molecular weight excluding hydrogens is 294 g/mol. The monoisotopic (exact) mass is 307 g/mol. The van der Waals surface area contributed by atoms with Gasteiger partial charge in [0.2, 0.25) is 0 Å². The van der Waals surface area contributed by atoms with Crippen LogP contribution in [0.5, 0.6) is 11.5 Å². The summed E-state index contributed by atoms with van der Waals surface area (Å²) in [5.41, 5.74) is -0.0558. The van der Waals surface area contributed by atoms with Gasteiger partial charge in [-0.25, -0.2) is 0 Å². The second-order valence-electron chi connectivity index (χ2n) is 4.24. The number of nitro benzene ring substituents is 1. The number of hydrogen-bond donors (Lipinski definition) is 0. The maximum Gasteiger partial charge on any atom is 0.271 e. The van der Waals surface area contributed by atoms with Crippen LogP contribution in [0.2, 0.25) is 5.02 Å².